The molecule has 0 radical (unpaired) electrons. The van der Waals surface area contributed by atoms with Crippen molar-refractivity contribution in [2.75, 3.05) is 26.2 Å². The number of likely N-dealkylation sites (tertiary alicyclic amines) is 2. The molecule has 1 aromatic carbocycles. The van der Waals surface area contributed by atoms with E-state index in [0.717, 1.165) is 49.5 Å². The van der Waals surface area contributed by atoms with Crippen molar-refractivity contribution >= 4 is 28.9 Å². The molecule has 33 heavy (non-hydrogen) atoms. The number of fused-ring (bicyclic) bond motifs is 2. The summed E-state index contributed by atoms with van der Waals surface area (Å²) in [7, 11) is 0. The number of amidine groups is 1. The lowest BCUT2D eigenvalue weighted by molar-refractivity contribution is -0.113. The van der Waals surface area contributed by atoms with Crippen molar-refractivity contribution in [3.05, 3.63) is 45.9 Å². The number of nitrogens with zero attached hydrogens (tertiary/aromatic N) is 3. The van der Waals surface area contributed by atoms with E-state index in [0.29, 0.717) is 24.6 Å². The van der Waals surface area contributed by atoms with Crippen molar-refractivity contribution in [1.82, 2.24) is 9.80 Å². The number of thioether (sulfide) groups is 1. The molecule has 1 aromatic rings. The topological polar surface area (TPSA) is 71.4 Å². The van der Waals surface area contributed by atoms with Gasteiger partial charge < -0.3 is 19.3 Å². The molecular weight excluding hydrogens is 438 g/mol. The molecule has 0 unspecified atom stereocenters. The Morgan fingerprint density at radius 2 is 1.94 bits per heavy atom. The molecule has 2 fully saturated rings. The molecule has 5 rings (SSSR count). The molecule has 4 aliphatic rings. The fourth-order valence-corrected chi connectivity index (χ4v) is 6.12. The van der Waals surface area contributed by atoms with Crippen LogP contribution in [0.25, 0.3) is 0 Å². The van der Waals surface area contributed by atoms with Crippen LogP contribution in [0, 0.1) is 0 Å². The number of hydrogen-bond acceptors (Lipinski definition) is 6. The number of carbonyl (C=O) groups excluding carboxylic acids is 2. The van der Waals surface area contributed by atoms with E-state index in [4.69, 9.17) is 9.47 Å². The highest BCUT2D eigenvalue weighted by molar-refractivity contribution is 8.18. The Morgan fingerprint density at radius 1 is 1.18 bits per heavy atom. The summed E-state index contributed by atoms with van der Waals surface area (Å²) in [6, 6.07) is 8.48. The smallest absolute Gasteiger partial charge is 0.410 e. The molecule has 1 spiro atoms. The van der Waals surface area contributed by atoms with Gasteiger partial charge in [0.05, 0.1) is 17.1 Å². The zero-order valence-electron chi connectivity index (χ0n) is 19.6. The van der Waals surface area contributed by atoms with Crippen LogP contribution in [0.5, 0.6) is 0 Å². The van der Waals surface area contributed by atoms with Crippen molar-refractivity contribution in [2.45, 2.75) is 64.3 Å². The lowest BCUT2D eigenvalue weighted by atomic mass is 9.84. The van der Waals surface area contributed by atoms with Crippen LogP contribution < -0.4 is 0 Å². The summed E-state index contributed by atoms with van der Waals surface area (Å²) in [5.41, 5.74) is 2.84. The molecule has 8 heteroatoms. The Hall–Kier alpha value is -2.32. The van der Waals surface area contributed by atoms with E-state index < -0.39 is 5.60 Å². The summed E-state index contributed by atoms with van der Waals surface area (Å²) in [4.78, 5) is 34.3. The fraction of sp³-hybridized carbons (Fsp3) is 0.560. The van der Waals surface area contributed by atoms with Gasteiger partial charge in [-0.2, -0.15) is 4.99 Å². The second kappa shape index (κ2) is 8.47. The Labute approximate surface area is 199 Å². The molecule has 0 aromatic heterocycles. The van der Waals surface area contributed by atoms with E-state index in [1.165, 1.54) is 22.9 Å². The monoisotopic (exact) mass is 469 g/mol. The minimum absolute atomic E-state index is 0.182. The maximum absolute atomic E-state index is 12.8. The number of rotatable bonds is 0. The van der Waals surface area contributed by atoms with Gasteiger partial charge in [-0.25, -0.2) is 4.79 Å². The first-order valence-corrected chi connectivity index (χ1v) is 12.5. The lowest BCUT2D eigenvalue weighted by Crippen LogP contribution is -2.44. The third kappa shape index (κ3) is 4.43. The Balaban J connectivity index is 1.24. The number of piperidine rings is 2. The maximum atomic E-state index is 12.8. The number of carbonyl (C=O) groups is 2. The van der Waals surface area contributed by atoms with Gasteiger partial charge in [-0.15, -0.1) is 0 Å². The zero-order valence-corrected chi connectivity index (χ0v) is 20.4. The summed E-state index contributed by atoms with van der Waals surface area (Å²) >= 11 is 1.46. The highest BCUT2D eigenvalue weighted by atomic mass is 32.2. The molecule has 0 N–H and O–H groups in total. The Morgan fingerprint density at radius 3 is 2.70 bits per heavy atom. The van der Waals surface area contributed by atoms with Crippen molar-refractivity contribution in [3.63, 3.8) is 0 Å². The third-order valence-electron chi connectivity index (χ3n) is 6.70. The van der Waals surface area contributed by atoms with E-state index in [2.05, 4.69) is 34.2 Å². The van der Waals surface area contributed by atoms with Crippen LogP contribution in [0.15, 0.2) is 39.7 Å². The standard InChI is InChI=1S/C25H31N3O4S/c1-24(2,3)32-23(30)28-12-6-8-17(15-28)20-21(29)26-22(33-20)27-13-10-25(11-14-27)19-9-5-4-7-18(19)16-31-25/h4-5,7,9H,6,8,10-16H2,1-3H3/b20-17-. The van der Waals surface area contributed by atoms with E-state index >= 15 is 0 Å². The molecule has 4 heterocycles. The second-order valence-electron chi connectivity index (χ2n) is 10.2. The van der Waals surface area contributed by atoms with Crippen molar-refractivity contribution in [2.24, 2.45) is 4.99 Å². The maximum Gasteiger partial charge on any atom is 0.410 e. The van der Waals surface area contributed by atoms with Crippen molar-refractivity contribution in [3.8, 4) is 0 Å². The molecule has 0 saturated carbocycles. The van der Waals surface area contributed by atoms with Crippen LogP contribution in [-0.4, -0.2) is 58.7 Å². The van der Waals surface area contributed by atoms with Gasteiger partial charge in [0.1, 0.15) is 5.60 Å². The van der Waals surface area contributed by atoms with Gasteiger partial charge in [0.2, 0.25) is 0 Å². The van der Waals surface area contributed by atoms with Crippen LogP contribution in [0.2, 0.25) is 0 Å². The first-order chi connectivity index (χ1) is 15.7. The third-order valence-corrected chi connectivity index (χ3v) is 7.90. The van der Waals surface area contributed by atoms with Gasteiger partial charge in [0.15, 0.2) is 5.17 Å². The zero-order chi connectivity index (χ0) is 23.2. The average molecular weight is 470 g/mol. The molecule has 2 saturated heterocycles. The highest BCUT2D eigenvalue weighted by Gasteiger charge is 2.44. The first kappa shape index (κ1) is 22.5. The van der Waals surface area contributed by atoms with Crippen molar-refractivity contribution in [1.29, 1.82) is 0 Å². The minimum atomic E-state index is -0.536. The first-order valence-electron chi connectivity index (χ1n) is 11.7. The van der Waals surface area contributed by atoms with Crippen LogP contribution in [0.1, 0.15) is 57.6 Å². The van der Waals surface area contributed by atoms with Crippen LogP contribution in [0.3, 0.4) is 0 Å². The molecule has 0 aliphatic carbocycles. The van der Waals surface area contributed by atoms with E-state index in [1.807, 2.05) is 20.8 Å². The van der Waals surface area contributed by atoms with Gasteiger partial charge in [0, 0.05) is 26.2 Å². The average Bonchev–Trinajstić information content (AvgIpc) is 3.35. The van der Waals surface area contributed by atoms with Gasteiger partial charge in [-0.05, 0) is 74.9 Å². The summed E-state index contributed by atoms with van der Waals surface area (Å²) in [5, 5.41) is 0.776. The number of aliphatic imine (C=N–C) groups is 1. The fourth-order valence-electron chi connectivity index (χ4n) is 5.05. The predicted octanol–water partition coefficient (Wildman–Crippen LogP) is 4.42. The minimum Gasteiger partial charge on any atom is -0.444 e. The molecule has 4 aliphatic heterocycles. The number of hydrogen-bond donors (Lipinski definition) is 0. The summed E-state index contributed by atoms with van der Waals surface area (Å²) in [6.07, 6.45) is 3.08. The van der Waals surface area contributed by atoms with Crippen LogP contribution in [-0.2, 0) is 26.5 Å². The summed E-state index contributed by atoms with van der Waals surface area (Å²) < 4.78 is 11.8. The molecule has 0 atom stereocenters. The van der Waals surface area contributed by atoms with E-state index in [-0.39, 0.29) is 17.6 Å². The van der Waals surface area contributed by atoms with E-state index in [1.54, 1.807) is 4.90 Å². The molecule has 2 amide bonds. The predicted molar refractivity (Wildman–Crippen MR) is 128 cm³/mol. The highest BCUT2D eigenvalue weighted by Crippen LogP contribution is 2.45. The molecule has 176 valence electrons. The van der Waals surface area contributed by atoms with Crippen molar-refractivity contribution < 1.29 is 19.1 Å². The molecular formula is C25H31N3O4S. The normalized spacial score (nSPS) is 24.8. The number of amides is 2. The number of benzene rings is 1. The lowest BCUT2D eigenvalue weighted by Gasteiger charge is -2.39. The van der Waals surface area contributed by atoms with Crippen LogP contribution in [0.4, 0.5) is 4.79 Å². The largest absolute Gasteiger partial charge is 0.444 e. The molecule has 0 bridgehead atoms. The summed E-state index contributed by atoms with van der Waals surface area (Å²) in [5.74, 6) is -0.182. The quantitative estimate of drug-likeness (QED) is 0.524. The Kier molecular flexibility index (Phi) is 5.77. The van der Waals surface area contributed by atoms with Gasteiger partial charge >= 0.3 is 6.09 Å². The molecule has 7 nitrogen and oxygen atoms in total. The number of ether oxygens (including phenoxy) is 2. The van der Waals surface area contributed by atoms with Gasteiger partial charge in [0.25, 0.3) is 5.91 Å². The SMILES string of the molecule is CC(C)(C)OC(=O)N1CCC/C(=C2/SC(N3CCC4(CC3)OCc3ccccc34)=NC2=O)C1. The van der Waals surface area contributed by atoms with Gasteiger partial charge in [-0.3, -0.25) is 4.79 Å². The van der Waals surface area contributed by atoms with Gasteiger partial charge in [-0.1, -0.05) is 24.3 Å². The van der Waals surface area contributed by atoms with E-state index in [9.17, 15) is 9.59 Å². The second-order valence-corrected chi connectivity index (χ2v) is 11.1. The summed E-state index contributed by atoms with van der Waals surface area (Å²) in [6.45, 7) is 8.95. The van der Waals surface area contributed by atoms with Crippen LogP contribution >= 0.6 is 11.8 Å². The Bertz CT molecular complexity index is 1030.